The first-order valence-corrected chi connectivity index (χ1v) is 6.58. The molecule has 2 heterocycles. The molecule has 1 unspecified atom stereocenters. The molecule has 1 N–H and O–H groups in total. The van der Waals surface area contributed by atoms with Crippen LogP contribution >= 0.6 is 0 Å². The van der Waals surface area contributed by atoms with Crippen molar-refractivity contribution in [3.05, 3.63) is 18.0 Å². The van der Waals surface area contributed by atoms with E-state index in [1.54, 1.807) is 0 Å². The SMILES string of the molecule is CC(C)CNCc1ccn(C2CCCOC2)n1. The first kappa shape index (κ1) is 12.6. The predicted molar refractivity (Wildman–Crippen MR) is 67.9 cm³/mol. The standard InChI is InChI=1S/C13H23N3O/c1-11(2)8-14-9-12-5-6-16(15-12)13-4-3-7-17-10-13/h5-6,11,13-14H,3-4,7-10H2,1-2H3. The number of hydrogen-bond acceptors (Lipinski definition) is 3. The first-order chi connectivity index (χ1) is 8.25. The van der Waals surface area contributed by atoms with E-state index < -0.39 is 0 Å². The largest absolute Gasteiger partial charge is 0.379 e. The van der Waals surface area contributed by atoms with Gasteiger partial charge in [-0.05, 0) is 31.4 Å². The molecule has 1 atom stereocenters. The van der Waals surface area contributed by atoms with Gasteiger partial charge < -0.3 is 10.1 Å². The summed E-state index contributed by atoms with van der Waals surface area (Å²) in [6.07, 6.45) is 4.40. The number of rotatable bonds is 5. The monoisotopic (exact) mass is 237 g/mol. The van der Waals surface area contributed by atoms with E-state index >= 15 is 0 Å². The zero-order valence-corrected chi connectivity index (χ0v) is 10.9. The topological polar surface area (TPSA) is 39.1 Å². The zero-order valence-electron chi connectivity index (χ0n) is 10.9. The third kappa shape index (κ3) is 3.82. The second-order valence-corrected chi connectivity index (χ2v) is 5.18. The van der Waals surface area contributed by atoms with Crippen molar-refractivity contribution in [1.29, 1.82) is 0 Å². The van der Waals surface area contributed by atoms with Crippen LogP contribution in [0.5, 0.6) is 0 Å². The van der Waals surface area contributed by atoms with Crippen LogP contribution in [0, 0.1) is 5.92 Å². The van der Waals surface area contributed by atoms with Crippen molar-refractivity contribution in [3.8, 4) is 0 Å². The third-order valence-corrected chi connectivity index (χ3v) is 3.03. The van der Waals surface area contributed by atoms with Crippen molar-refractivity contribution in [2.24, 2.45) is 5.92 Å². The summed E-state index contributed by atoms with van der Waals surface area (Å²) in [6, 6.07) is 2.53. The minimum absolute atomic E-state index is 0.433. The van der Waals surface area contributed by atoms with Crippen LogP contribution in [-0.4, -0.2) is 29.5 Å². The van der Waals surface area contributed by atoms with E-state index in [0.717, 1.165) is 38.4 Å². The fourth-order valence-corrected chi connectivity index (χ4v) is 2.10. The molecule has 4 nitrogen and oxygen atoms in total. The Balaban J connectivity index is 1.82. The molecule has 1 aromatic heterocycles. The van der Waals surface area contributed by atoms with Gasteiger partial charge in [-0.3, -0.25) is 4.68 Å². The van der Waals surface area contributed by atoms with E-state index in [1.807, 2.05) is 0 Å². The fraction of sp³-hybridized carbons (Fsp3) is 0.769. The Bertz CT molecular complexity index is 329. The molecule has 2 rings (SSSR count). The van der Waals surface area contributed by atoms with Crippen molar-refractivity contribution in [1.82, 2.24) is 15.1 Å². The normalized spacial score (nSPS) is 21.0. The molecule has 1 saturated heterocycles. The van der Waals surface area contributed by atoms with Crippen molar-refractivity contribution in [2.75, 3.05) is 19.8 Å². The van der Waals surface area contributed by atoms with E-state index in [0.29, 0.717) is 12.0 Å². The zero-order chi connectivity index (χ0) is 12.1. The molecule has 1 aliphatic heterocycles. The Labute approximate surface area is 103 Å². The Hall–Kier alpha value is -0.870. The van der Waals surface area contributed by atoms with Crippen LogP contribution in [0.25, 0.3) is 0 Å². The van der Waals surface area contributed by atoms with Gasteiger partial charge in [0, 0.05) is 19.3 Å². The van der Waals surface area contributed by atoms with Gasteiger partial charge in [-0.15, -0.1) is 0 Å². The quantitative estimate of drug-likeness (QED) is 0.851. The summed E-state index contributed by atoms with van der Waals surface area (Å²) in [5, 5.41) is 8.02. The Morgan fingerprint density at radius 1 is 1.59 bits per heavy atom. The molecular formula is C13H23N3O. The van der Waals surface area contributed by atoms with Crippen molar-refractivity contribution < 1.29 is 4.74 Å². The highest BCUT2D eigenvalue weighted by Crippen LogP contribution is 2.18. The molecule has 0 spiro atoms. The maximum absolute atomic E-state index is 5.48. The summed E-state index contributed by atoms with van der Waals surface area (Å²) in [7, 11) is 0. The average Bonchev–Trinajstić information content (AvgIpc) is 2.78. The fourth-order valence-electron chi connectivity index (χ4n) is 2.10. The van der Waals surface area contributed by atoms with Gasteiger partial charge in [-0.1, -0.05) is 13.8 Å². The average molecular weight is 237 g/mol. The molecule has 1 fully saturated rings. The molecule has 1 aliphatic rings. The van der Waals surface area contributed by atoms with Gasteiger partial charge in [0.1, 0.15) is 0 Å². The van der Waals surface area contributed by atoms with Gasteiger partial charge in [-0.2, -0.15) is 5.10 Å². The number of nitrogens with zero attached hydrogens (tertiary/aromatic N) is 2. The second-order valence-electron chi connectivity index (χ2n) is 5.18. The molecular weight excluding hydrogens is 214 g/mol. The molecule has 0 radical (unpaired) electrons. The summed E-state index contributed by atoms with van der Waals surface area (Å²) in [6.45, 7) is 8.04. The highest BCUT2D eigenvalue weighted by molar-refractivity contribution is 4.99. The van der Waals surface area contributed by atoms with Crippen LogP contribution in [0.15, 0.2) is 12.3 Å². The highest BCUT2D eigenvalue weighted by atomic mass is 16.5. The minimum Gasteiger partial charge on any atom is -0.379 e. The predicted octanol–water partition coefficient (Wildman–Crippen LogP) is 1.98. The van der Waals surface area contributed by atoms with Crippen LogP contribution in [0.1, 0.15) is 38.4 Å². The van der Waals surface area contributed by atoms with E-state index in [9.17, 15) is 0 Å². The molecule has 0 bridgehead atoms. The third-order valence-electron chi connectivity index (χ3n) is 3.03. The molecule has 4 heteroatoms. The van der Waals surface area contributed by atoms with Crippen LogP contribution < -0.4 is 5.32 Å². The van der Waals surface area contributed by atoms with Gasteiger partial charge in [0.15, 0.2) is 0 Å². The lowest BCUT2D eigenvalue weighted by Crippen LogP contribution is -2.22. The van der Waals surface area contributed by atoms with Crippen molar-refractivity contribution in [2.45, 2.75) is 39.3 Å². The Morgan fingerprint density at radius 2 is 2.47 bits per heavy atom. The van der Waals surface area contributed by atoms with Crippen molar-refractivity contribution in [3.63, 3.8) is 0 Å². The first-order valence-electron chi connectivity index (χ1n) is 6.58. The summed E-state index contributed by atoms with van der Waals surface area (Å²) in [4.78, 5) is 0. The maximum Gasteiger partial charge on any atom is 0.0762 e. The summed E-state index contributed by atoms with van der Waals surface area (Å²) in [5.41, 5.74) is 1.12. The minimum atomic E-state index is 0.433. The number of ether oxygens (including phenoxy) is 1. The Kier molecular flexibility index (Phi) is 4.57. The van der Waals surface area contributed by atoms with Crippen LogP contribution in [0.2, 0.25) is 0 Å². The summed E-state index contributed by atoms with van der Waals surface area (Å²) >= 11 is 0. The van der Waals surface area contributed by atoms with Gasteiger partial charge in [0.05, 0.1) is 18.3 Å². The van der Waals surface area contributed by atoms with E-state index in [1.165, 1.54) is 6.42 Å². The lowest BCUT2D eigenvalue weighted by molar-refractivity contribution is 0.0548. The van der Waals surface area contributed by atoms with Gasteiger partial charge in [-0.25, -0.2) is 0 Å². The van der Waals surface area contributed by atoms with Crippen LogP contribution in [0.4, 0.5) is 0 Å². The summed E-state index contributed by atoms with van der Waals surface area (Å²) < 4.78 is 7.54. The van der Waals surface area contributed by atoms with Crippen LogP contribution in [-0.2, 0) is 11.3 Å². The molecule has 0 aliphatic carbocycles. The maximum atomic E-state index is 5.48. The van der Waals surface area contributed by atoms with Gasteiger partial charge >= 0.3 is 0 Å². The lowest BCUT2D eigenvalue weighted by Gasteiger charge is -2.22. The van der Waals surface area contributed by atoms with Gasteiger partial charge in [0.25, 0.3) is 0 Å². The number of nitrogens with one attached hydrogen (secondary N) is 1. The number of hydrogen-bond donors (Lipinski definition) is 1. The van der Waals surface area contributed by atoms with Crippen molar-refractivity contribution >= 4 is 0 Å². The van der Waals surface area contributed by atoms with E-state index in [2.05, 4.69) is 41.2 Å². The number of aromatic nitrogens is 2. The lowest BCUT2D eigenvalue weighted by atomic mass is 10.1. The smallest absolute Gasteiger partial charge is 0.0762 e. The highest BCUT2D eigenvalue weighted by Gasteiger charge is 2.16. The molecule has 0 aromatic carbocycles. The molecule has 1 aromatic rings. The summed E-state index contributed by atoms with van der Waals surface area (Å²) in [5.74, 6) is 0.684. The molecule has 17 heavy (non-hydrogen) atoms. The van der Waals surface area contributed by atoms with Gasteiger partial charge in [0.2, 0.25) is 0 Å². The molecule has 0 amide bonds. The van der Waals surface area contributed by atoms with Crippen LogP contribution in [0.3, 0.4) is 0 Å². The van der Waals surface area contributed by atoms with E-state index in [-0.39, 0.29) is 0 Å². The Morgan fingerprint density at radius 3 is 3.18 bits per heavy atom. The van der Waals surface area contributed by atoms with E-state index in [4.69, 9.17) is 4.74 Å². The molecule has 0 saturated carbocycles. The molecule has 96 valence electrons. The second kappa shape index (κ2) is 6.17.